The summed E-state index contributed by atoms with van der Waals surface area (Å²) in [6.07, 6.45) is 4.06. The molecular formula is C18H29Cl2N3O. The number of benzene rings is 1. The number of halogens is 2. The molecule has 2 heterocycles. The highest BCUT2D eigenvalue weighted by atomic mass is 35.5. The molecule has 24 heavy (non-hydrogen) atoms. The molecular weight excluding hydrogens is 345 g/mol. The number of nitrogens with one attached hydrogen (secondary N) is 2. The maximum atomic E-state index is 12.0. The second kappa shape index (κ2) is 10.2. The summed E-state index contributed by atoms with van der Waals surface area (Å²) < 4.78 is 0. The van der Waals surface area contributed by atoms with Gasteiger partial charge in [-0.15, -0.1) is 24.8 Å². The Morgan fingerprint density at radius 2 is 2.08 bits per heavy atom. The standard InChI is InChI=1S/C18H27N3O.2ClH/c1-14(12-20-18(22)11-17-7-4-9-19-17)21-10-8-15-5-2-3-6-16(15)13-21;;/h2-3,5-6,14,17,19H,4,7-13H2,1H3,(H,20,22);2*1H. The number of fused-ring (bicyclic) bond motifs is 1. The van der Waals surface area contributed by atoms with Gasteiger partial charge in [0.2, 0.25) is 5.91 Å². The molecule has 1 fully saturated rings. The first-order chi connectivity index (χ1) is 10.7. The minimum absolute atomic E-state index is 0. The zero-order chi connectivity index (χ0) is 15.4. The molecule has 0 saturated carbocycles. The van der Waals surface area contributed by atoms with E-state index in [9.17, 15) is 4.79 Å². The van der Waals surface area contributed by atoms with Crippen LogP contribution in [0.4, 0.5) is 0 Å². The SMILES string of the molecule is CC(CNC(=O)CC1CCCN1)N1CCc2ccccc2C1.Cl.Cl. The molecule has 0 spiro atoms. The number of carbonyl (C=O) groups excluding carboxylic acids is 1. The van der Waals surface area contributed by atoms with E-state index in [0.717, 1.165) is 39.0 Å². The summed E-state index contributed by atoms with van der Waals surface area (Å²) in [6.45, 7) is 6.09. The van der Waals surface area contributed by atoms with Gasteiger partial charge in [0.25, 0.3) is 0 Å². The van der Waals surface area contributed by atoms with E-state index in [1.165, 1.54) is 17.5 Å². The quantitative estimate of drug-likeness (QED) is 0.833. The molecule has 2 unspecified atom stereocenters. The molecule has 0 bridgehead atoms. The van der Waals surface area contributed by atoms with Gasteiger partial charge in [0.15, 0.2) is 0 Å². The van der Waals surface area contributed by atoms with Gasteiger partial charge in [0, 0.05) is 38.1 Å². The van der Waals surface area contributed by atoms with E-state index in [4.69, 9.17) is 0 Å². The van der Waals surface area contributed by atoms with Crippen molar-refractivity contribution < 1.29 is 4.79 Å². The fourth-order valence-corrected chi connectivity index (χ4v) is 3.51. The van der Waals surface area contributed by atoms with Crippen LogP contribution in [-0.2, 0) is 17.8 Å². The summed E-state index contributed by atoms with van der Waals surface area (Å²) in [5, 5.41) is 6.49. The highest BCUT2D eigenvalue weighted by Gasteiger charge is 2.22. The number of hydrogen-bond donors (Lipinski definition) is 2. The molecule has 2 aliphatic rings. The second-order valence-corrected chi connectivity index (χ2v) is 6.64. The van der Waals surface area contributed by atoms with Crippen molar-refractivity contribution in [3.05, 3.63) is 35.4 Å². The van der Waals surface area contributed by atoms with Crippen molar-refractivity contribution in [1.82, 2.24) is 15.5 Å². The minimum atomic E-state index is 0. The Labute approximate surface area is 157 Å². The molecule has 1 aromatic carbocycles. The Balaban J connectivity index is 0.00000144. The van der Waals surface area contributed by atoms with Crippen LogP contribution >= 0.6 is 24.8 Å². The van der Waals surface area contributed by atoms with E-state index in [0.29, 0.717) is 18.5 Å². The average Bonchev–Trinajstić information content (AvgIpc) is 3.05. The summed E-state index contributed by atoms with van der Waals surface area (Å²) in [5.74, 6) is 0.184. The Hall–Kier alpha value is -0.810. The van der Waals surface area contributed by atoms with Crippen LogP contribution in [0.15, 0.2) is 24.3 Å². The molecule has 3 rings (SSSR count). The van der Waals surface area contributed by atoms with E-state index >= 15 is 0 Å². The minimum Gasteiger partial charge on any atom is -0.354 e. The molecule has 0 aliphatic carbocycles. The second-order valence-electron chi connectivity index (χ2n) is 6.64. The first-order valence-electron chi connectivity index (χ1n) is 8.53. The first-order valence-corrected chi connectivity index (χ1v) is 8.53. The van der Waals surface area contributed by atoms with E-state index < -0.39 is 0 Å². The van der Waals surface area contributed by atoms with Gasteiger partial charge in [-0.25, -0.2) is 0 Å². The molecule has 0 radical (unpaired) electrons. The highest BCUT2D eigenvalue weighted by Crippen LogP contribution is 2.20. The lowest BCUT2D eigenvalue weighted by atomic mass is 9.99. The number of hydrogen-bond acceptors (Lipinski definition) is 3. The van der Waals surface area contributed by atoms with Gasteiger partial charge in [-0.2, -0.15) is 0 Å². The van der Waals surface area contributed by atoms with Crippen LogP contribution in [0.2, 0.25) is 0 Å². The van der Waals surface area contributed by atoms with E-state index in [2.05, 4.69) is 46.7 Å². The molecule has 136 valence electrons. The topological polar surface area (TPSA) is 44.4 Å². The molecule has 0 aromatic heterocycles. The first kappa shape index (κ1) is 21.2. The normalized spacial score (nSPS) is 21.1. The smallest absolute Gasteiger partial charge is 0.221 e. The van der Waals surface area contributed by atoms with Crippen LogP contribution in [0.1, 0.15) is 37.3 Å². The number of carbonyl (C=O) groups is 1. The van der Waals surface area contributed by atoms with Crippen molar-refractivity contribution >= 4 is 30.7 Å². The summed E-state index contributed by atoms with van der Waals surface area (Å²) in [6, 6.07) is 9.45. The lowest BCUT2D eigenvalue weighted by molar-refractivity contribution is -0.121. The monoisotopic (exact) mass is 373 g/mol. The Bertz CT molecular complexity index is 521. The fourth-order valence-electron chi connectivity index (χ4n) is 3.51. The van der Waals surface area contributed by atoms with Crippen molar-refractivity contribution in [3.8, 4) is 0 Å². The van der Waals surface area contributed by atoms with E-state index in [1.54, 1.807) is 0 Å². The van der Waals surface area contributed by atoms with Gasteiger partial charge in [-0.1, -0.05) is 24.3 Å². The van der Waals surface area contributed by atoms with Crippen LogP contribution in [0, 0.1) is 0 Å². The summed E-state index contributed by atoms with van der Waals surface area (Å²) in [4.78, 5) is 14.5. The van der Waals surface area contributed by atoms with Crippen molar-refractivity contribution in [2.45, 2.75) is 51.2 Å². The maximum absolute atomic E-state index is 12.0. The van der Waals surface area contributed by atoms with Crippen LogP contribution in [0.25, 0.3) is 0 Å². The third kappa shape index (κ3) is 5.62. The zero-order valence-corrected chi connectivity index (χ0v) is 15.9. The largest absolute Gasteiger partial charge is 0.354 e. The third-order valence-electron chi connectivity index (χ3n) is 4.97. The number of nitrogens with zero attached hydrogens (tertiary/aromatic N) is 1. The predicted octanol–water partition coefficient (Wildman–Crippen LogP) is 2.54. The highest BCUT2D eigenvalue weighted by molar-refractivity contribution is 5.85. The lowest BCUT2D eigenvalue weighted by Gasteiger charge is -2.33. The molecule has 4 nitrogen and oxygen atoms in total. The summed E-state index contributed by atoms with van der Waals surface area (Å²) in [7, 11) is 0. The Morgan fingerprint density at radius 3 is 2.79 bits per heavy atom. The van der Waals surface area contributed by atoms with Crippen molar-refractivity contribution in [3.63, 3.8) is 0 Å². The lowest BCUT2D eigenvalue weighted by Crippen LogP contribution is -2.45. The Morgan fingerprint density at radius 1 is 1.33 bits per heavy atom. The molecule has 6 heteroatoms. The molecule has 1 saturated heterocycles. The maximum Gasteiger partial charge on any atom is 0.221 e. The molecule has 2 aliphatic heterocycles. The van der Waals surface area contributed by atoms with Gasteiger partial charge in [0.05, 0.1) is 0 Å². The molecule has 1 amide bonds. The van der Waals surface area contributed by atoms with Crippen molar-refractivity contribution in [1.29, 1.82) is 0 Å². The van der Waals surface area contributed by atoms with Crippen LogP contribution < -0.4 is 10.6 Å². The zero-order valence-electron chi connectivity index (χ0n) is 14.3. The van der Waals surface area contributed by atoms with Crippen LogP contribution in [0.5, 0.6) is 0 Å². The van der Waals surface area contributed by atoms with E-state index in [1.807, 2.05) is 0 Å². The van der Waals surface area contributed by atoms with Crippen molar-refractivity contribution in [2.24, 2.45) is 0 Å². The van der Waals surface area contributed by atoms with Gasteiger partial charge in [-0.3, -0.25) is 9.69 Å². The number of amides is 1. The van der Waals surface area contributed by atoms with Crippen molar-refractivity contribution in [2.75, 3.05) is 19.6 Å². The van der Waals surface area contributed by atoms with Gasteiger partial charge < -0.3 is 10.6 Å². The third-order valence-corrected chi connectivity index (χ3v) is 4.97. The Kier molecular flexibility index (Phi) is 9.06. The van der Waals surface area contributed by atoms with Crippen LogP contribution in [-0.4, -0.2) is 42.5 Å². The number of rotatable bonds is 5. The molecule has 1 aromatic rings. The molecule has 2 N–H and O–H groups in total. The van der Waals surface area contributed by atoms with E-state index in [-0.39, 0.29) is 30.7 Å². The summed E-state index contributed by atoms with van der Waals surface area (Å²) in [5.41, 5.74) is 2.91. The molecule has 2 atom stereocenters. The van der Waals surface area contributed by atoms with Gasteiger partial charge in [-0.05, 0) is 43.9 Å². The van der Waals surface area contributed by atoms with Crippen LogP contribution in [0.3, 0.4) is 0 Å². The predicted molar refractivity (Wildman–Crippen MR) is 103 cm³/mol. The summed E-state index contributed by atoms with van der Waals surface area (Å²) >= 11 is 0. The van der Waals surface area contributed by atoms with Gasteiger partial charge >= 0.3 is 0 Å². The van der Waals surface area contributed by atoms with Gasteiger partial charge in [0.1, 0.15) is 0 Å². The fraction of sp³-hybridized carbons (Fsp3) is 0.611. The average molecular weight is 374 g/mol.